The van der Waals surface area contributed by atoms with Crippen molar-refractivity contribution in [2.75, 3.05) is 7.11 Å². The number of phenolic OH excluding ortho intramolecular Hbond substituents is 11. The lowest BCUT2D eigenvalue weighted by Crippen LogP contribution is -2.36. The second-order valence-electron chi connectivity index (χ2n) is 14.3. The minimum absolute atomic E-state index is 0.00898. The van der Waals surface area contributed by atoms with Gasteiger partial charge in [-0.2, -0.15) is 0 Å². The van der Waals surface area contributed by atoms with Gasteiger partial charge in [0.1, 0.15) is 73.5 Å². The summed E-state index contributed by atoms with van der Waals surface area (Å²) in [6.07, 6.45) is -2.75. The van der Waals surface area contributed by atoms with Gasteiger partial charge in [0.05, 0.1) is 7.11 Å². The minimum atomic E-state index is -1.60. The van der Waals surface area contributed by atoms with E-state index in [0.29, 0.717) is 5.56 Å². The molecular formula is C46H34O20. The second-order valence-corrected chi connectivity index (χ2v) is 14.3. The number of methoxy groups -OCH3 is 1. The van der Waals surface area contributed by atoms with Crippen molar-refractivity contribution in [2.24, 2.45) is 0 Å². The lowest BCUT2D eigenvalue weighted by Gasteiger charge is -2.30. The molecule has 0 radical (unpaired) electrons. The fourth-order valence-corrected chi connectivity index (χ4v) is 6.77. The number of carbonyl (C=O) groups excluding carboxylic acids is 1. The van der Waals surface area contributed by atoms with E-state index in [-0.39, 0.29) is 96.1 Å². The fraction of sp³-hybridized carbons (Fsp3) is 0.0652. The molecule has 0 spiro atoms. The highest BCUT2D eigenvalue weighted by Gasteiger charge is 2.39. The topological polar surface area (TPSA) is 359 Å². The number of aromatic hydroxyl groups is 12. The van der Waals surface area contributed by atoms with E-state index in [1.807, 2.05) is 0 Å². The number of hydrogen-bond donors (Lipinski definition) is 13. The maximum absolute atomic E-state index is 12.5. The predicted molar refractivity (Wildman–Crippen MR) is 229 cm³/mol. The van der Waals surface area contributed by atoms with Crippen molar-refractivity contribution in [2.45, 2.75) is 12.2 Å². The first kappa shape index (κ1) is 44.6. The van der Waals surface area contributed by atoms with Crippen LogP contribution in [-0.4, -0.2) is 85.4 Å². The number of rotatable bonds is 4. The lowest BCUT2D eigenvalue weighted by molar-refractivity contribution is 0.0210. The molecule has 1 aliphatic rings. The highest BCUT2D eigenvalue weighted by molar-refractivity contribution is 6.05. The van der Waals surface area contributed by atoms with E-state index >= 15 is 0 Å². The Labute approximate surface area is 367 Å². The van der Waals surface area contributed by atoms with Crippen LogP contribution in [0.1, 0.15) is 22.0 Å². The van der Waals surface area contributed by atoms with Gasteiger partial charge in [-0.1, -0.05) is 6.07 Å². The zero-order valence-corrected chi connectivity index (χ0v) is 33.6. The zero-order chi connectivity index (χ0) is 47.9. The molecule has 338 valence electrons. The standard InChI is InChI=1S/C16H12O7.C15H12O7.C15H10O6/c1-22-16-14(21)13-11(20)5-8(17)6-12(13)23-15(16)7-2-3-9(18)10(19)4-7;16-7-4-10(19)12-11(5-7)22-15(14(21)13(12)20)6-1-2-8(17)9(18)3-6;16-8-3-1-7(2-4-8)15-14(20)13(19)12-10(18)5-9(17)6-11(12)21-15/h2-6,17-20H,1H3;1-5,14-19,21H;1-6,16-18,20H. The van der Waals surface area contributed by atoms with E-state index in [2.05, 4.69) is 0 Å². The number of Topliss-reactive ketones (excluding diaryl/α,β-unsaturated/α-hetero) is 1. The number of carbonyl (C=O) groups is 1. The Bertz CT molecular complexity index is 3340. The van der Waals surface area contributed by atoms with Crippen LogP contribution in [-0.2, 0) is 0 Å². The molecule has 13 N–H and O–H groups in total. The molecule has 0 saturated carbocycles. The number of fused-ring (bicyclic) bond motifs is 3. The van der Waals surface area contributed by atoms with Crippen LogP contribution < -0.4 is 20.3 Å². The van der Waals surface area contributed by atoms with Gasteiger partial charge in [0.25, 0.3) is 0 Å². The molecular weight excluding hydrogens is 872 g/mol. The second kappa shape index (κ2) is 17.4. The van der Waals surface area contributed by atoms with Gasteiger partial charge in [-0.3, -0.25) is 14.4 Å². The van der Waals surface area contributed by atoms with Crippen LogP contribution in [0.4, 0.5) is 0 Å². The highest BCUT2D eigenvalue weighted by Crippen LogP contribution is 2.43. The first-order chi connectivity index (χ1) is 31.3. The van der Waals surface area contributed by atoms with Gasteiger partial charge in [-0.05, 0) is 60.2 Å². The van der Waals surface area contributed by atoms with Crippen molar-refractivity contribution in [3.05, 3.63) is 129 Å². The van der Waals surface area contributed by atoms with Crippen molar-refractivity contribution < 1.29 is 89.5 Å². The lowest BCUT2D eigenvalue weighted by atomic mass is 9.92. The zero-order valence-electron chi connectivity index (χ0n) is 33.6. The number of ether oxygens (including phenoxy) is 2. The Kier molecular flexibility index (Phi) is 11.8. The van der Waals surface area contributed by atoms with E-state index in [4.69, 9.17) is 18.3 Å². The van der Waals surface area contributed by atoms with Gasteiger partial charge in [-0.15, -0.1) is 0 Å². The quantitative estimate of drug-likeness (QED) is 0.0933. The van der Waals surface area contributed by atoms with Crippen LogP contribution in [0.5, 0.6) is 80.5 Å². The summed E-state index contributed by atoms with van der Waals surface area (Å²) in [4.78, 5) is 36.8. The van der Waals surface area contributed by atoms with E-state index in [1.165, 1.54) is 73.8 Å². The van der Waals surface area contributed by atoms with Crippen molar-refractivity contribution in [3.8, 4) is 103 Å². The van der Waals surface area contributed by atoms with E-state index < -0.39 is 63.3 Å². The minimum Gasteiger partial charge on any atom is -0.508 e. The molecule has 20 nitrogen and oxygen atoms in total. The summed E-state index contributed by atoms with van der Waals surface area (Å²) in [6.45, 7) is 0. The molecule has 0 fully saturated rings. The first-order valence-electron chi connectivity index (χ1n) is 18.8. The van der Waals surface area contributed by atoms with Gasteiger partial charge in [-0.25, -0.2) is 0 Å². The molecule has 66 heavy (non-hydrogen) atoms. The highest BCUT2D eigenvalue weighted by atomic mass is 16.5. The molecule has 2 atom stereocenters. The van der Waals surface area contributed by atoms with Gasteiger partial charge < -0.3 is 84.7 Å². The van der Waals surface area contributed by atoms with E-state index in [1.54, 1.807) is 0 Å². The van der Waals surface area contributed by atoms with Crippen molar-refractivity contribution in [1.82, 2.24) is 0 Å². The summed E-state index contributed by atoms with van der Waals surface area (Å²) in [5.41, 5.74) is -0.861. The maximum atomic E-state index is 12.5. The van der Waals surface area contributed by atoms with Gasteiger partial charge >= 0.3 is 0 Å². The molecule has 0 saturated heterocycles. The smallest absolute Gasteiger partial charge is 0.239 e. The largest absolute Gasteiger partial charge is 0.508 e. The van der Waals surface area contributed by atoms with Crippen molar-refractivity contribution in [3.63, 3.8) is 0 Å². The molecule has 3 heterocycles. The van der Waals surface area contributed by atoms with Crippen LogP contribution in [0.15, 0.2) is 115 Å². The fourth-order valence-electron chi connectivity index (χ4n) is 6.77. The number of aliphatic hydroxyl groups is 1. The SMILES string of the molecule is COc1c(-c2ccc(O)c(O)c2)oc2cc(O)cc(O)c2c1=O.O=C1c2c(O)cc(O)cc2OC(c2ccc(O)c(O)c2)C1O.O=c1c(O)c(-c2ccc(O)cc2)oc2cc(O)cc(O)c12. The average Bonchev–Trinajstić information content (AvgIpc) is 3.25. The normalized spacial score (nSPS) is 14.0. The van der Waals surface area contributed by atoms with E-state index in [0.717, 1.165) is 30.3 Å². The van der Waals surface area contributed by atoms with Crippen LogP contribution in [0.25, 0.3) is 44.6 Å². The van der Waals surface area contributed by atoms with Gasteiger partial charge in [0.15, 0.2) is 46.7 Å². The first-order valence-corrected chi connectivity index (χ1v) is 18.8. The van der Waals surface area contributed by atoms with E-state index in [9.17, 15) is 80.8 Å². The number of phenols is 11. The van der Waals surface area contributed by atoms with Gasteiger partial charge in [0, 0.05) is 47.5 Å². The maximum Gasteiger partial charge on any atom is 0.239 e. The molecule has 1 aliphatic heterocycles. The molecule has 0 aliphatic carbocycles. The molecule has 9 rings (SSSR count). The van der Waals surface area contributed by atoms with Crippen molar-refractivity contribution in [1.29, 1.82) is 0 Å². The monoisotopic (exact) mass is 906 g/mol. The molecule has 6 aromatic carbocycles. The summed E-state index contributed by atoms with van der Waals surface area (Å²) in [6, 6.07) is 19.7. The predicted octanol–water partition coefficient (Wildman–Crippen LogP) is 5.76. The summed E-state index contributed by atoms with van der Waals surface area (Å²) >= 11 is 0. The van der Waals surface area contributed by atoms with Gasteiger partial charge in [0.2, 0.25) is 28.1 Å². The Morgan fingerprint density at radius 3 is 1.58 bits per heavy atom. The third-order valence-electron chi connectivity index (χ3n) is 9.87. The Morgan fingerprint density at radius 1 is 0.485 bits per heavy atom. The Morgan fingerprint density at radius 2 is 1.00 bits per heavy atom. The Balaban J connectivity index is 0.000000147. The number of benzene rings is 6. The molecule has 8 aromatic rings. The summed E-state index contributed by atoms with van der Waals surface area (Å²) in [5.74, 6) is -5.54. The number of hydrogen-bond acceptors (Lipinski definition) is 20. The third kappa shape index (κ3) is 8.40. The molecule has 0 bridgehead atoms. The van der Waals surface area contributed by atoms with Crippen molar-refractivity contribution >= 4 is 27.7 Å². The summed E-state index contributed by atoms with van der Waals surface area (Å²) in [5, 5.41) is 124. The summed E-state index contributed by atoms with van der Waals surface area (Å²) < 4.78 is 21.5. The molecule has 2 aromatic heterocycles. The van der Waals surface area contributed by atoms with Crippen LogP contribution >= 0.6 is 0 Å². The van der Waals surface area contributed by atoms with Crippen LogP contribution in [0, 0.1) is 0 Å². The molecule has 20 heteroatoms. The number of aliphatic hydroxyl groups excluding tert-OH is 1. The van der Waals surface area contributed by atoms with Crippen LogP contribution in [0.2, 0.25) is 0 Å². The third-order valence-corrected chi connectivity index (χ3v) is 9.87. The molecule has 0 amide bonds. The Hall–Kier alpha value is -9.43. The van der Waals surface area contributed by atoms with Crippen LogP contribution in [0.3, 0.4) is 0 Å². The summed E-state index contributed by atoms with van der Waals surface area (Å²) in [7, 11) is 1.26. The average molecular weight is 907 g/mol. The molecule has 2 unspecified atom stereocenters. The number of ketones is 1.